The molecular weight excluding hydrogens is 410 g/mol. The van der Waals surface area contributed by atoms with Crippen LogP contribution in [-0.4, -0.2) is 43.6 Å². The predicted octanol–water partition coefficient (Wildman–Crippen LogP) is 4.97. The van der Waals surface area contributed by atoms with Crippen molar-refractivity contribution in [2.75, 3.05) is 13.1 Å². The number of likely N-dealkylation sites (tertiary alicyclic amines) is 1. The number of amides is 1. The molecule has 0 unspecified atom stereocenters. The summed E-state index contributed by atoms with van der Waals surface area (Å²) < 4.78 is 2.02. The molecule has 3 aromatic rings. The second kappa shape index (κ2) is 8.95. The van der Waals surface area contributed by atoms with Crippen molar-refractivity contribution in [3.63, 3.8) is 0 Å². The number of nitrogens with zero attached hydrogens (tertiary/aromatic N) is 5. The summed E-state index contributed by atoms with van der Waals surface area (Å²) in [4.78, 5) is 23.7. The van der Waals surface area contributed by atoms with Crippen molar-refractivity contribution >= 4 is 28.5 Å². The number of hydrogen-bond donors (Lipinski definition) is 0. The molecule has 6 nitrogen and oxygen atoms in total. The summed E-state index contributed by atoms with van der Waals surface area (Å²) in [6.45, 7) is 2.65. The van der Waals surface area contributed by atoms with E-state index in [1.165, 1.54) is 19.3 Å². The highest BCUT2D eigenvalue weighted by molar-refractivity contribution is 6.29. The van der Waals surface area contributed by atoms with E-state index in [2.05, 4.69) is 26.2 Å². The summed E-state index contributed by atoms with van der Waals surface area (Å²) in [6.07, 6.45) is 13.8. The van der Waals surface area contributed by atoms with Crippen molar-refractivity contribution in [3.05, 3.63) is 41.9 Å². The Balaban J connectivity index is 1.19. The average molecular weight is 438 g/mol. The number of fused-ring (bicyclic) bond motifs is 1. The van der Waals surface area contributed by atoms with Crippen molar-refractivity contribution in [3.8, 4) is 11.1 Å². The Bertz CT molecular complexity index is 1070. The van der Waals surface area contributed by atoms with Gasteiger partial charge in [0.05, 0.1) is 17.2 Å². The van der Waals surface area contributed by atoms with Crippen LogP contribution in [0.25, 0.3) is 22.2 Å². The van der Waals surface area contributed by atoms with Gasteiger partial charge in [-0.05, 0) is 49.8 Å². The van der Waals surface area contributed by atoms with E-state index in [9.17, 15) is 4.79 Å². The van der Waals surface area contributed by atoms with Crippen molar-refractivity contribution in [2.45, 2.75) is 51.5 Å². The number of piperidine rings is 1. The highest BCUT2D eigenvalue weighted by Gasteiger charge is 2.29. The number of carbonyl (C=O) groups excluding carboxylic acids is 1. The van der Waals surface area contributed by atoms with E-state index in [1.807, 2.05) is 29.2 Å². The maximum atomic E-state index is 12.8. The Hall–Kier alpha value is -2.47. The van der Waals surface area contributed by atoms with E-state index in [4.69, 9.17) is 11.6 Å². The molecule has 4 heterocycles. The molecule has 0 aromatic carbocycles. The molecule has 2 fully saturated rings. The molecule has 31 heavy (non-hydrogen) atoms. The molecule has 3 aromatic heterocycles. The van der Waals surface area contributed by atoms with E-state index >= 15 is 0 Å². The SMILES string of the molecule is O=C(C1CCCCC1)N1CCC(Cn2cc(-c3cnc4ccc(Cl)nc4c3)cn2)CC1. The molecule has 1 aliphatic carbocycles. The van der Waals surface area contributed by atoms with Gasteiger partial charge in [-0.15, -0.1) is 0 Å². The van der Waals surface area contributed by atoms with Gasteiger partial charge in [-0.3, -0.25) is 14.5 Å². The molecule has 5 rings (SSSR count). The molecule has 0 spiro atoms. The Morgan fingerprint density at radius 1 is 1.00 bits per heavy atom. The minimum absolute atomic E-state index is 0.277. The Kier molecular flexibility index (Phi) is 5.90. The van der Waals surface area contributed by atoms with Gasteiger partial charge in [0.25, 0.3) is 0 Å². The zero-order chi connectivity index (χ0) is 21.2. The molecule has 1 aliphatic heterocycles. The van der Waals surface area contributed by atoms with E-state index in [1.54, 1.807) is 6.07 Å². The molecule has 1 amide bonds. The van der Waals surface area contributed by atoms with Gasteiger partial charge in [0.1, 0.15) is 5.15 Å². The molecule has 7 heteroatoms. The molecule has 1 saturated heterocycles. The fourth-order valence-electron chi connectivity index (χ4n) is 4.96. The molecule has 0 bridgehead atoms. The summed E-state index contributed by atoms with van der Waals surface area (Å²) in [5, 5.41) is 5.04. The van der Waals surface area contributed by atoms with Crippen LogP contribution in [-0.2, 0) is 11.3 Å². The summed E-state index contributed by atoms with van der Waals surface area (Å²) >= 11 is 6.02. The second-order valence-corrected chi connectivity index (χ2v) is 9.34. The van der Waals surface area contributed by atoms with Crippen molar-refractivity contribution < 1.29 is 4.79 Å². The highest BCUT2D eigenvalue weighted by atomic mass is 35.5. The van der Waals surface area contributed by atoms with Crippen LogP contribution in [0.5, 0.6) is 0 Å². The van der Waals surface area contributed by atoms with Crippen LogP contribution < -0.4 is 0 Å². The second-order valence-electron chi connectivity index (χ2n) is 8.95. The number of rotatable bonds is 4. The summed E-state index contributed by atoms with van der Waals surface area (Å²) in [5.41, 5.74) is 3.63. The number of aromatic nitrogens is 4. The lowest BCUT2D eigenvalue weighted by Gasteiger charge is -2.35. The third kappa shape index (κ3) is 4.59. The lowest BCUT2D eigenvalue weighted by Crippen LogP contribution is -2.42. The van der Waals surface area contributed by atoms with E-state index < -0.39 is 0 Å². The molecule has 1 saturated carbocycles. The van der Waals surface area contributed by atoms with Crippen LogP contribution in [0.1, 0.15) is 44.9 Å². The predicted molar refractivity (Wildman–Crippen MR) is 122 cm³/mol. The summed E-state index contributed by atoms with van der Waals surface area (Å²) in [6, 6.07) is 5.64. The van der Waals surface area contributed by atoms with E-state index in [-0.39, 0.29) is 5.92 Å². The van der Waals surface area contributed by atoms with Crippen LogP contribution in [0.15, 0.2) is 36.8 Å². The fourth-order valence-corrected chi connectivity index (χ4v) is 5.11. The van der Waals surface area contributed by atoms with Crippen LogP contribution >= 0.6 is 11.6 Å². The lowest BCUT2D eigenvalue weighted by molar-refractivity contribution is -0.138. The normalized spacial score (nSPS) is 18.5. The minimum Gasteiger partial charge on any atom is -0.342 e. The summed E-state index contributed by atoms with van der Waals surface area (Å²) in [7, 11) is 0. The first-order valence-corrected chi connectivity index (χ1v) is 11.8. The van der Waals surface area contributed by atoms with Gasteiger partial charge in [-0.25, -0.2) is 4.98 Å². The first-order valence-electron chi connectivity index (χ1n) is 11.4. The standard InChI is InChI=1S/C24H28ClN5O/c25-23-7-6-21-22(28-23)12-19(13-26-21)20-14-27-30(16-20)15-17-8-10-29(11-9-17)24(31)18-4-2-1-3-5-18/h6-7,12-14,16-18H,1-5,8-11,15H2. The quantitative estimate of drug-likeness (QED) is 0.541. The van der Waals surface area contributed by atoms with Crippen LogP contribution in [0.2, 0.25) is 5.15 Å². The van der Waals surface area contributed by atoms with Crippen LogP contribution in [0.3, 0.4) is 0 Å². The largest absolute Gasteiger partial charge is 0.342 e. The molecular formula is C24H28ClN5O. The fraction of sp³-hybridized carbons (Fsp3) is 0.500. The maximum Gasteiger partial charge on any atom is 0.225 e. The monoisotopic (exact) mass is 437 g/mol. The van der Waals surface area contributed by atoms with Gasteiger partial charge < -0.3 is 4.90 Å². The molecule has 0 radical (unpaired) electrons. The molecule has 162 valence electrons. The van der Waals surface area contributed by atoms with Gasteiger partial charge in [-0.2, -0.15) is 5.10 Å². The van der Waals surface area contributed by atoms with Crippen LogP contribution in [0, 0.1) is 11.8 Å². The molecule has 0 atom stereocenters. The zero-order valence-electron chi connectivity index (χ0n) is 17.7. The maximum absolute atomic E-state index is 12.8. The third-order valence-electron chi connectivity index (χ3n) is 6.80. The molecule has 2 aliphatic rings. The van der Waals surface area contributed by atoms with E-state index in [0.717, 1.165) is 67.5 Å². The summed E-state index contributed by atoms with van der Waals surface area (Å²) in [5.74, 6) is 1.23. The minimum atomic E-state index is 0.277. The zero-order valence-corrected chi connectivity index (χ0v) is 18.5. The molecule has 0 N–H and O–H groups in total. The van der Waals surface area contributed by atoms with E-state index in [0.29, 0.717) is 17.0 Å². The van der Waals surface area contributed by atoms with Crippen LogP contribution in [0.4, 0.5) is 0 Å². The number of hydrogen-bond acceptors (Lipinski definition) is 4. The Morgan fingerprint density at radius 2 is 1.81 bits per heavy atom. The van der Waals surface area contributed by atoms with Gasteiger partial charge in [-0.1, -0.05) is 30.9 Å². The topological polar surface area (TPSA) is 63.9 Å². The van der Waals surface area contributed by atoms with Crippen molar-refractivity contribution in [2.24, 2.45) is 11.8 Å². The Labute approximate surface area is 187 Å². The lowest BCUT2D eigenvalue weighted by atomic mass is 9.87. The number of halogens is 1. The van der Waals surface area contributed by atoms with Crippen molar-refractivity contribution in [1.29, 1.82) is 0 Å². The van der Waals surface area contributed by atoms with Gasteiger partial charge in [0.2, 0.25) is 5.91 Å². The Morgan fingerprint density at radius 3 is 2.61 bits per heavy atom. The first kappa shape index (κ1) is 20.4. The first-order chi connectivity index (χ1) is 15.2. The smallest absolute Gasteiger partial charge is 0.225 e. The number of pyridine rings is 2. The van der Waals surface area contributed by atoms with Crippen molar-refractivity contribution in [1.82, 2.24) is 24.6 Å². The highest BCUT2D eigenvalue weighted by Crippen LogP contribution is 2.28. The van der Waals surface area contributed by atoms with Gasteiger partial charge in [0, 0.05) is 49.1 Å². The average Bonchev–Trinajstić information content (AvgIpc) is 3.27. The number of carbonyl (C=O) groups is 1. The third-order valence-corrected chi connectivity index (χ3v) is 7.01. The van der Waals surface area contributed by atoms with Gasteiger partial charge >= 0.3 is 0 Å². The van der Waals surface area contributed by atoms with Gasteiger partial charge in [0.15, 0.2) is 0 Å².